The first-order valence-electron chi connectivity index (χ1n) is 14.0. The Hall–Kier alpha value is -5.53. The standard InChI is InChI=1S/C38H28N2O2/c1-24-18-29(22-30-20-27(25(2)23-39)19-26(3)41-30)42-38-21-28(16-17-31(24)38)40-36-14-8-6-12-34(36)32-10-4-5-11-33(32)35-13-7-9-15-37(35)40/h4-22H,1-3H3/b27-25-,29-22?. The fraction of sp³-hybridized carbons (Fsp3) is 0.0789. The van der Waals surface area contributed by atoms with Crippen LogP contribution >= 0.6 is 0 Å². The van der Waals surface area contributed by atoms with Gasteiger partial charge in [0.05, 0.1) is 17.4 Å². The third kappa shape index (κ3) is 4.33. The largest absolute Gasteiger partial charge is 0.462 e. The summed E-state index contributed by atoms with van der Waals surface area (Å²) in [7, 11) is 0. The summed E-state index contributed by atoms with van der Waals surface area (Å²) in [6.07, 6.45) is 7.65. The maximum Gasteiger partial charge on any atom is 0.137 e. The summed E-state index contributed by atoms with van der Waals surface area (Å²) in [5, 5.41) is 9.39. The van der Waals surface area contributed by atoms with Gasteiger partial charge in [-0.25, -0.2) is 0 Å². The smallest absolute Gasteiger partial charge is 0.137 e. The van der Waals surface area contributed by atoms with Gasteiger partial charge >= 0.3 is 0 Å². The number of nitrogens with zero attached hydrogens (tertiary/aromatic N) is 2. The molecular weight excluding hydrogens is 516 g/mol. The molecule has 3 aliphatic rings. The maximum absolute atomic E-state index is 9.39. The minimum atomic E-state index is 0.631. The third-order valence-electron chi connectivity index (χ3n) is 7.85. The summed E-state index contributed by atoms with van der Waals surface area (Å²) < 4.78 is 12.5. The lowest BCUT2D eigenvalue weighted by Crippen LogP contribution is -2.12. The zero-order valence-corrected chi connectivity index (χ0v) is 23.7. The van der Waals surface area contributed by atoms with Gasteiger partial charge in [-0.2, -0.15) is 5.26 Å². The van der Waals surface area contributed by atoms with Gasteiger partial charge in [-0.3, -0.25) is 0 Å². The molecule has 0 aromatic heterocycles. The molecule has 0 radical (unpaired) electrons. The number of allylic oxidation sites excluding steroid dienone is 8. The molecule has 0 saturated carbocycles. The molecule has 0 unspecified atom stereocenters. The summed E-state index contributed by atoms with van der Waals surface area (Å²) in [5.41, 5.74) is 11.7. The predicted molar refractivity (Wildman–Crippen MR) is 169 cm³/mol. The first-order valence-corrected chi connectivity index (χ1v) is 14.0. The highest BCUT2D eigenvalue weighted by molar-refractivity contribution is 6.02. The molecule has 0 aliphatic carbocycles. The van der Waals surface area contributed by atoms with Gasteiger partial charge in [-0.05, 0) is 85.5 Å². The average Bonchev–Trinajstić information content (AvgIpc) is 3.13. The lowest BCUT2D eigenvalue weighted by molar-refractivity contribution is 0.313. The molecule has 4 aromatic rings. The quantitative estimate of drug-likeness (QED) is 0.207. The van der Waals surface area contributed by atoms with Crippen molar-refractivity contribution in [1.82, 2.24) is 0 Å². The van der Waals surface area contributed by atoms with Crippen LogP contribution in [0.15, 0.2) is 144 Å². The SMILES string of the molecule is CC1=C/C(=C(\C)C#N)C=C(C=C2C=C(C)c3ccc(N4c5ccccc5-c5ccccc5-c5ccccc54)cc3O2)O1. The van der Waals surface area contributed by atoms with E-state index in [2.05, 4.69) is 109 Å². The van der Waals surface area contributed by atoms with E-state index in [1.807, 2.05) is 38.2 Å². The van der Waals surface area contributed by atoms with Crippen molar-refractivity contribution in [3.05, 3.63) is 149 Å². The van der Waals surface area contributed by atoms with E-state index in [1.54, 1.807) is 0 Å². The second-order valence-corrected chi connectivity index (χ2v) is 10.7. The number of hydrogen-bond donors (Lipinski definition) is 0. The minimum Gasteiger partial charge on any atom is -0.462 e. The van der Waals surface area contributed by atoms with Crippen molar-refractivity contribution in [3.63, 3.8) is 0 Å². The van der Waals surface area contributed by atoms with Crippen LogP contribution in [0, 0.1) is 11.3 Å². The van der Waals surface area contributed by atoms with Gasteiger partial charge in [-0.15, -0.1) is 0 Å². The summed E-state index contributed by atoms with van der Waals surface area (Å²) in [6.45, 7) is 5.78. The monoisotopic (exact) mass is 544 g/mol. The molecule has 0 atom stereocenters. The highest BCUT2D eigenvalue weighted by atomic mass is 16.5. The molecule has 202 valence electrons. The Balaban J connectivity index is 1.34. The van der Waals surface area contributed by atoms with E-state index in [1.165, 1.54) is 22.3 Å². The van der Waals surface area contributed by atoms with Crippen molar-refractivity contribution in [2.45, 2.75) is 20.8 Å². The van der Waals surface area contributed by atoms with Crippen LogP contribution in [0.3, 0.4) is 0 Å². The highest BCUT2D eigenvalue weighted by Gasteiger charge is 2.27. The molecule has 3 aliphatic heterocycles. The van der Waals surface area contributed by atoms with E-state index in [4.69, 9.17) is 9.47 Å². The molecule has 4 aromatic carbocycles. The van der Waals surface area contributed by atoms with Gasteiger partial charge in [0.15, 0.2) is 0 Å². The summed E-state index contributed by atoms with van der Waals surface area (Å²) >= 11 is 0. The van der Waals surface area contributed by atoms with E-state index < -0.39 is 0 Å². The summed E-state index contributed by atoms with van der Waals surface area (Å²) in [4.78, 5) is 2.33. The first-order chi connectivity index (χ1) is 20.5. The highest BCUT2D eigenvalue weighted by Crippen LogP contribution is 2.51. The molecule has 0 fully saturated rings. The molecule has 0 saturated heterocycles. The van der Waals surface area contributed by atoms with Crippen LogP contribution in [0.1, 0.15) is 26.3 Å². The van der Waals surface area contributed by atoms with E-state index in [0.29, 0.717) is 17.1 Å². The van der Waals surface area contributed by atoms with Crippen LogP contribution in [-0.4, -0.2) is 0 Å². The molecule has 3 heterocycles. The lowest BCUT2D eigenvalue weighted by atomic mass is 9.95. The van der Waals surface area contributed by atoms with Gasteiger partial charge < -0.3 is 14.4 Å². The van der Waals surface area contributed by atoms with Crippen LogP contribution in [0.2, 0.25) is 0 Å². The molecular formula is C38H28N2O2. The predicted octanol–water partition coefficient (Wildman–Crippen LogP) is 10.1. The van der Waals surface area contributed by atoms with Gasteiger partial charge in [-0.1, -0.05) is 60.7 Å². The Kier molecular flexibility index (Phi) is 6.14. The van der Waals surface area contributed by atoms with Crippen molar-refractivity contribution in [1.29, 1.82) is 5.26 Å². The number of nitriles is 1. The van der Waals surface area contributed by atoms with Crippen molar-refractivity contribution < 1.29 is 9.47 Å². The van der Waals surface area contributed by atoms with Crippen molar-refractivity contribution in [2.24, 2.45) is 0 Å². The van der Waals surface area contributed by atoms with Crippen LogP contribution in [0.25, 0.3) is 27.8 Å². The van der Waals surface area contributed by atoms with Crippen molar-refractivity contribution in [2.75, 3.05) is 4.90 Å². The fourth-order valence-corrected chi connectivity index (χ4v) is 5.88. The van der Waals surface area contributed by atoms with E-state index in [-0.39, 0.29) is 0 Å². The number of rotatable bonds is 2. The Morgan fingerprint density at radius 2 is 1.33 bits per heavy atom. The van der Waals surface area contributed by atoms with Gasteiger partial charge in [0.1, 0.15) is 23.0 Å². The first kappa shape index (κ1) is 25.4. The minimum absolute atomic E-state index is 0.631. The Morgan fingerprint density at radius 1 is 0.714 bits per heavy atom. The molecule has 42 heavy (non-hydrogen) atoms. The second kappa shape index (κ2) is 10.1. The number of benzene rings is 4. The Labute approximate surface area is 246 Å². The van der Waals surface area contributed by atoms with Crippen LogP contribution in [0.4, 0.5) is 17.1 Å². The number of anilines is 3. The second-order valence-electron chi connectivity index (χ2n) is 10.7. The van der Waals surface area contributed by atoms with Gasteiger partial charge in [0.2, 0.25) is 0 Å². The molecule has 0 spiro atoms. The normalized spacial score (nSPS) is 17.0. The maximum atomic E-state index is 9.39. The summed E-state index contributed by atoms with van der Waals surface area (Å²) in [6, 6.07) is 34.4. The van der Waals surface area contributed by atoms with E-state index >= 15 is 0 Å². The number of fused-ring (bicyclic) bond motifs is 6. The van der Waals surface area contributed by atoms with Crippen molar-refractivity contribution >= 4 is 22.6 Å². The zero-order valence-electron chi connectivity index (χ0n) is 23.7. The number of ether oxygens (including phenoxy) is 2. The fourth-order valence-electron chi connectivity index (χ4n) is 5.88. The van der Waals surface area contributed by atoms with Gasteiger partial charge in [0, 0.05) is 40.1 Å². The molecule has 7 rings (SSSR count). The van der Waals surface area contributed by atoms with Crippen LogP contribution < -0.4 is 9.64 Å². The van der Waals surface area contributed by atoms with E-state index in [0.717, 1.165) is 45.3 Å². The van der Waals surface area contributed by atoms with E-state index in [9.17, 15) is 5.26 Å². The Bertz CT molecular complexity index is 1910. The Morgan fingerprint density at radius 3 is 1.98 bits per heavy atom. The average molecular weight is 545 g/mol. The van der Waals surface area contributed by atoms with Gasteiger partial charge in [0.25, 0.3) is 0 Å². The number of para-hydroxylation sites is 2. The lowest BCUT2D eigenvalue weighted by Gasteiger charge is -2.29. The van der Waals surface area contributed by atoms with Crippen LogP contribution in [-0.2, 0) is 4.74 Å². The summed E-state index contributed by atoms with van der Waals surface area (Å²) in [5.74, 6) is 2.82. The number of hydrogen-bond acceptors (Lipinski definition) is 4. The topological polar surface area (TPSA) is 45.5 Å². The third-order valence-corrected chi connectivity index (χ3v) is 7.85. The molecule has 0 N–H and O–H groups in total. The zero-order chi connectivity index (χ0) is 28.8. The molecule has 4 nitrogen and oxygen atoms in total. The molecule has 4 heteroatoms. The van der Waals surface area contributed by atoms with Crippen LogP contribution in [0.5, 0.6) is 5.75 Å². The van der Waals surface area contributed by atoms with Crippen molar-refractivity contribution in [3.8, 4) is 34.1 Å². The molecule has 0 bridgehead atoms. The molecule has 0 amide bonds.